The highest BCUT2D eigenvalue weighted by Crippen LogP contribution is 2.31. The van der Waals surface area contributed by atoms with Gasteiger partial charge in [-0.15, -0.1) is 0 Å². The zero-order valence-electron chi connectivity index (χ0n) is 14.3. The number of rotatable bonds is 2. The van der Waals surface area contributed by atoms with Gasteiger partial charge in [0.15, 0.2) is 0 Å². The van der Waals surface area contributed by atoms with E-state index < -0.39 is 17.5 Å². The summed E-state index contributed by atoms with van der Waals surface area (Å²) in [6, 6.07) is 10.2. The molecule has 1 fully saturated rings. The van der Waals surface area contributed by atoms with Gasteiger partial charge in [-0.2, -0.15) is 5.26 Å². The number of nitrogens with zero attached hydrogens (tertiary/aromatic N) is 4. The van der Waals surface area contributed by atoms with E-state index in [1.807, 2.05) is 15.9 Å². The smallest absolute Gasteiger partial charge is 0.149 e. The average molecular weight is 368 g/mol. The van der Waals surface area contributed by atoms with Crippen LogP contribution in [0.4, 0.5) is 24.5 Å². The highest BCUT2D eigenvalue weighted by molar-refractivity contribution is 5.92. The van der Waals surface area contributed by atoms with Crippen molar-refractivity contribution in [3.05, 3.63) is 65.6 Å². The van der Waals surface area contributed by atoms with Crippen LogP contribution in [0.5, 0.6) is 0 Å². The maximum absolute atomic E-state index is 14.3. The van der Waals surface area contributed by atoms with Gasteiger partial charge in [-0.1, -0.05) is 0 Å². The van der Waals surface area contributed by atoms with E-state index in [1.165, 1.54) is 12.3 Å². The molecule has 0 aliphatic carbocycles. The Bertz CT molecular complexity index is 1050. The number of pyridine rings is 1. The van der Waals surface area contributed by atoms with Gasteiger partial charge in [0.2, 0.25) is 0 Å². The molecule has 4 nitrogen and oxygen atoms in total. The third kappa shape index (κ3) is 3.04. The van der Waals surface area contributed by atoms with Gasteiger partial charge in [0, 0.05) is 32.4 Å². The van der Waals surface area contributed by atoms with E-state index in [9.17, 15) is 13.2 Å². The molecule has 136 valence electrons. The number of piperazine rings is 1. The first kappa shape index (κ1) is 17.2. The SMILES string of the molecule is N#Cc1ccc(N2CCN(c3ccnc4c(F)ccc(F)c34)CC2)c(F)c1. The van der Waals surface area contributed by atoms with Gasteiger partial charge in [0.05, 0.1) is 28.4 Å². The van der Waals surface area contributed by atoms with E-state index in [1.54, 1.807) is 18.2 Å². The molecule has 2 aromatic carbocycles. The highest BCUT2D eigenvalue weighted by atomic mass is 19.1. The Labute approximate surface area is 154 Å². The zero-order valence-corrected chi connectivity index (χ0v) is 14.3. The monoisotopic (exact) mass is 368 g/mol. The van der Waals surface area contributed by atoms with Gasteiger partial charge in [-0.3, -0.25) is 4.98 Å². The lowest BCUT2D eigenvalue weighted by atomic mass is 10.1. The summed E-state index contributed by atoms with van der Waals surface area (Å²) in [6.07, 6.45) is 1.47. The molecule has 7 heteroatoms. The van der Waals surface area contributed by atoms with Gasteiger partial charge < -0.3 is 9.80 Å². The Balaban J connectivity index is 1.60. The summed E-state index contributed by atoms with van der Waals surface area (Å²) in [5.74, 6) is -1.52. The predicted octanol–water partition coefficient (Wildman–Crippen LogP) is 3.85. The van der Waals surface area contributed by atoms with Crippen molar-refractivity contribution < 1.29 is 13.2 Å². The van der Waals surface area contributed by atoms with E-state index in [2.05, 4.69) is 4.98 Å². The lowest BCUT2D eigenvalue weighted by Crippen LogP contribution is -2.47. The second kappa shape index (κ2) is 6.80. The van der Waals surface area contributed by atoms with Crippen LogP contribution in [0.25, 0.3) is 10.9 Å². The van der Waals surface area contributed by atoms with Crippen molar-refractivity contribution in [3.63, 3.8) is 0 Å². The summed E-state index contributed by atoms with van der Waals surface area (Å²) in [5, 5.41) is 9.02. The normalized spacial score (nSPS) is 14.4. The summed E-state index contributed by atoms with van der Waals surface area (Å²) in [6.45, 7) is 2.08. The summed E-state index contributed by atoms with van der Waals surface area (Å²) >= 11 is 0. The van der Waals surface area contributed by atoms with Gasteiger partial charge in [-0.25, -0.2) is 13.2 Å². The molecule has 0 unspecified atom stereocenters. The van der Waals surface area contributed by atoms with Crippen LogP contribution in [-0.4, -0.2) is 31.2 Å². The van der Waals surface area contributed by atoms with Gasteiger partial charge >= 0.3 is 0 Å². The molecule has 0 bridgehead atoms. The highest BCUT2D eigenvalue weighted by Gasteiger charge is 2.23. The second-order valence-electron chi connectivity index (χ2n) is 6.33. The number of benzene rings is 2. The van der Waals surface area contributed by atoms with Crippen molar-refractivity contribution in [2.24, 2.45) is 0 Å². The predicted molar refractivity (Wildman–Crippen MR) is 97.2 cm³/mol. The van der Waals surface area contributed by atoms with E-state index in [0.717, 1.165) is 12.1 Å². The van der Waals surface area contributed by atoms with Crippen LogP contribution in [0.15, 0.2) is 42.6 Å². The zero-order chi connectivity index (χ0) is 19.0. The van der Waals surface area contributed by atoms with Crippen LogP contribution in [0.3, 0.4) is 0 Å². The van der Waals surface area contributed by atoms with Crippen molar-refractivity contribution in [3.8, 4) is 6.07 Å². The maximum Gasteiger partial charge on any atom is 0.149 e. The number of anilines is 2. The Morgan fingerprint density at radius 3 is 2.15 bits per heavy atom. The molecular weight excluding hydrogens is 353 g/mol. The number of fused-ring (bicyclic) bond motifs is 1. The molecule has 0 radical (unpaired) electrons. The van der Waals surface area contributed by atoms with Crippen LogP contribution < -0.4 is 9.80 Å². The Morgan fingerprint density at radius 2 is 1.48 bits per heavy atom. The average Bonchev–Trinajstić information content (AvgIpc) is 2.70. The van der Waals surface area contributed by atoms with Crippen LogP contribution >= 0.6 is 0 Å². The van der Waals surface area contributed by atoms with Gasteiger partial charge in [0.25, 0.3) is 0 Å². The van der Waals surface area contributed by atoms with Crippen molar-refractivity contribution in [1.82, 2.24) is 4.98 Å². The van der Waals surface area contributed by atoms with Crippen LogP contribution in [0.2, 0.25) is 0 Å². The molecule has 1 saturated heterocycles. The Kier molecular flexibility index (Phi) is 4.32. The largest absolute Gasteiger partial charge is 0.367 e. The molecule has 0 N–H and O–H groups in total. The molecule has 0 saturated carbocycles. The van der Waals surface area contributed by atoms with Crippen LogP contribution in [0.1, 0.15) is 5.56 Å². The molecule has 3 aromatic rings. The standard InChI is InChI=1S/C20H15F3N4/c21-14-2-3-15(22)20-19(14)18(5-6-25-20)27-9-7-26(8-10-27)17-4-1-13(12-24)11-16(17)23/h1-6,11H,7-10H2. The van der Waals surface area contributed by atoms with Crippen LogP contribution in [-0.2, 0) is 0 Å². The minimum absolute atomic E-state index is 0.00747. The minimum atomic E-state index is -0.563. The third-order valence-electron chi connectivity index (χ3n) is 4.81. The lowest BCUT2D eigenvalue weighted by Gasteiger charge is -2.37. The number of hydrogen-bond donors (Lipinski definition) is 0. The first-order valence-corrected chi connectivity index (χ1v) is 8.51. The fourth-order valence-corrected chi connectivity index (χ4v) is 3.46. The quantitative estimate of drug-likeness (QED) is 0.689. The van der Waals surface area contributed by atoms with E-state index in [4.69, 9.17) is 5.26 Å². The molecule has 0 atom stereocenters. The first-order valence-electron chi connectivity index (χ1n) is 8.51. The molecule has 1 aliphatic rings. The molecule has 4 rings (SSSR count). The fourth-order valence-electron chi connectivity index (χ4n) is 3.46. The molecule has 27 heavy (non-hydrogen) atoms. The summed E-state index contributed by atoms with van der Waals surface area (Å²) in [7, 11) is 0. The first-order chi connectivity index (χ1) is 13.1. The third-order valence-corrected chi connectivity index (χ3v) is 4.81. The number of aromatic nitrogens is 1. The molecule has 2 heterocycles. The number of halogens is 3. The minimum Gasteiger partial charge on any atom is -0.367 e. The molecular formula is C20H15F3N4. The van der Waals surface area contributed by atoms with Gasteiger partial charge in [0.1, 0.15) is 23.0 Å². The molecule has 1 aliphatic heterocycles. The van der Waals surface area contributed by atoms with Crippen molar-refractivity contribution >= 4 is 22.3 Å². The van der Waals surface area contributed by atoms with Gasteiger partial charge in [-0.05, 0) is 36.4 Å². The maximum atomic E-state index is 14.3. The second-order valence-corrected chi connectivity index (χ2v) is 6.33. The van der Waals surface area contributed by atoms with E-state index >= 15 is 0 Å². The fraction of sp³-hybridized carbons (Fsp3) is 0.200. The summed E-state index contributed by atoms with van der Waals surface area (Å²) in [4.78, 5) is 7.79. The Morgan fingerprint density at radius 1 is 0.815 bits per heavy atom. The molecule has 0 amide bonds. The lowest BCUT2D eigenvalue weighted by molar-refractivity contribution is 0.596. The van der Waals surface area contributed by atoms with E-state index in [-0.39, 0.29) is 16.5 Å². The van der Waals surface area contributed by atoms with Crippen molar-refractivity contribution in [2.45, 2.75) is 0 Å². The topological polar surface area (TPSA) is 43.2 Å². The molecule has 0 spiro atoms. The number of hydrogen-bond acceptors (Lipinski definition) is 4. The van der Waals surface area contributed by atoms with Crippen LogP contribution in [0, 0.1) is 28.8 Å². The van der Waals surface area contributed by atoms with Crippen molar-refractivity contribution in [1.29, 1.82) is 5.26 Å². The summed E-state index contributed by atoms with van der Waals surface area (Å²) in [5.41, 5.74) is 1.30. The summed E-state index contributed by atoms with van der Waals surface area (Å²) < 4.78 is 42.6. The Hall–Kier alpha value is -3.27. The molecule has 1 aromatic heterocycles. The van der Waals surface area contributed by atoms with Crippen molar-refractivity contribution in [2.75, 3.05) is 36.0 Å². The van der Waals surface area contributed by atoms with E-state index in [0.29, 0.717) is 37.6 Å². The number of nitriles is 1.